The number of nitrogens with zero attached hydrogens (tertiary/aromatic N) is 2. The van der Waals surface area contributed by atoms with Crippen molar-refractivity contribution in [2.75, 3.05) is 4.90 Å². The third-order valence-corrected chi connectivity index (χ3v) is 12.4. The average molecular weight is 755 g/mol. The van der Waals surface area contributed by atoms with Gasteiger partial charge in [0.25, 0.3) is 0 Å². The molecule has 1 heterocycles. The van der Waals surface area contributed by atoms with Crippen molar-refractivity contribution in [3.63, 3.8) is 0 Å². The molecule has 0 amide bonds. The summed E-state index contributed by atoms with van der Waals surface area (Å²) < 4.78 is 2.41. The van der Waals surface area contributed by atoms with Gasteiger partial charge in [0.1, 0.15) is 0 Å². The van der Waals surface area contributed by atoms with Gasteiger partial charge in [-0.15, -0.1) is 0 Å². The lowest BCUT2D eigenvalue weighted by atomic mass is 9.82. The Labute approximate surface area is 345 Å². The van der Waals surface area contributed by atoms with Gasteiger partial charge >= 0.3 is 0 Å². The first kappa shape index (κ1) is 34.8. The van der Waals surface area contributed by atoms with Gasteiger partial charge < -0.3 is 9.47 Å². The van der Waals surface area contributed by atoms with Crippen molar-refractivity contribution in [2.24, 2.45) is 0 Å². The van der Waals surface area contributed by atoms with Gasteiger partial charge in [0.2, 0.25) is 0 Å². The monoisotopic (exact) mass is 754 g/mol. The highest BCUT2D eigenvalue weighted by atomic mass is 15.1. The Morgan fingerprint density at radius 2 is 0.864 bits per heavy atom. The Morgan fingerprint density at radius 3 is 1.66 bits per heavy atom. The van der Waals surface area contributed by atoms with Gasteiger partial charge in [-0.25, -0.2) is 0 Å². The summed E-state index contributed by atoms with van der Waals surface area (Å²) in [7, 11) is 0. The van der Waals surface area contributed by atoms with Crippen LogP contribution >= 0.6 is 0 Å². The van der Waals surface area contributed by atoms with Crippen LogP contribution in [0, 0.1) is 0 Å². The van der Waals surface area contributed by atoms with Crippen LogP contribution in [0.4, 0.5) is 17.1 Å². The fourth-order valence-electron chi connectivity index (χ4n) is 9.40. The van der Waals surface area contributed by atoms with E-state index in [4.69, 9.17) is 0 Å². The summed E-state index contributed by atoms with van der Waals surface area (Å²) in [4.78, 5) is 2.38. The predicted octanol–water partition coefficient (Wildman–Crippen LogP) is 15.6. The van der Waals surface area contributed by atoms with Crippen molar-refractivity contribution in [1.29, 1.82) is 0 Å². The number of hydrogen-bond acceptors (Lipinski definition) is 1. The van der Waals surface area contributed by atoms with Gasteiger partial charge in [0, 0.05) is 38.9 Å². The number of para-hydroxylation sites is 2. The summed E-state index contributed by atoms with van der Waals surface area (Å²) in [5, 5.41) is 2.51. The Hall–Kier alpha value is -7.42. The number of fused-ring (bicyclic) bond motifs is 6. The van der Waals surface area contributed by atoms with Crippen LogP contribution in [0.1, 0.15) is 25.0 Å². The van der Waals surface area contributed by atoms with Crippen LogP contribution in [0.25, 0.3) is 72.0 Å². The van der Waals surface area contributed by atoms with Crippen LogP contribution < -0.4 is 4.90 Å². The molecule has 0 fully saturated rings. The first-order valence-corrected chi connectivity index (χ1v) is 20.5. The first-order chi connectivity index (χ1) is 29.0. The molecule has 2 heteroatoms. The van der Waals surface area contributed by atoms with E-state index >= 15 is 0 Å². The quantitative estimate of drug-likeness (QED) is 0.157. The zero-order chi connectivity index (χ0) is 39.5. The highest BCUT2D eigenvalue weighted by molar-refractivity contribution is 6.10. The second kappa shape index (κ2) is 13.9. The summed E-state index contributed by atoms with van der Waals surface area (Å²) >= 11 is 0. The maximum Gasteiger partial charge on any atom is 0.0547 e. The fourth-order valence-corrected chi connectivity index (χ4v) is 9.40. The van der Waals surface area contributed by atoms with E-state index in [9.17, 15) is 0 Å². The molecule has 0 aliphatic heterocycles. The Balaban J connectivity index is 0.945. The van der Waals surface area contributed by atoms with E-state index < -0.39 is 0 Å². The SMILES string of the molecule is CC1(C)c2ccccc2-c2ccc(N(c3ccccc3)c3ccc(-c4cccc(-c5ccc6c7ccccc7n(-c7ccc(-c8ccccc8)cc7)c6c5)c4)cc3)cc21. The molecule has 0 atom stereocenters. The smallest absolute Gasteiger partial charge is 0.0547 e. The predicted molar refractivity (Wildman–Crippen MR) is 249 cm³/mol. The molecule has 1 aromatic heterocycles. The normalized spacial score (nSPS) is 12.7. The molecule has 1 aliphatic carbocycles. The molecule has 0 N–H and O–H groups in total. The molecular weight excluding hydrogens is 713 g/mol. The highest BCUT2D eigenvalue weighted by Gasteiger charge is 2.35. The van der Waals surface area contributed by atoms with Crippen molar-refractivity contribution in [2.45, 2.75) is 19.3 Å². The number of benzene rings is 9. The van der Waals surface area contributed by atoms with Crippen molar-refractivity contribution in [3.05, 3.63) is 230 Å². The zero-order valence-corrected chi connectivity index (χ0v) is 33.2. The molecule has 9 aromatic carbocycles. The van der Waals surface area contributed by atoms with Crippen LogP contribution in [-0.2, 0) is 5.41 Å². The van der Waals surface area contributed by atoms with E-state index in [-0.39, 0.29) is 5.41 Å². The lowest BCUT2D eigenvalue weighted by molar-refractivity contribution is 0.660. The van der Waals surface area contributed by atoms with E-state index in [1.54, 1.807) is 0 Å². The van der Waals surface area contributed by atoms with Crippen LogP contribution in [0.3, 0.4) is 0 Å². The lowest BCUT2D eigenvalue weighted by Crippen LogP contribution is -2.16. The molecule has 10 aromatic rings. The molecule has 2 nitrogen and oxygen atoms in total. The van der Waals surface area contributed by atoms with E-state index in [0.717, 1.165) is 22.7 Å². The van der Waals surface area contributed by atoms with E-state index in [1.165, 1.54) is 77.4 Å². The van der Waals surface area contributed by atoms with E-state index in [1.807, 2.05) is 0 Å². The van der Waals surface area contributed by atoms with Crippen LogP contribution in [-0.4, -0.2) is 4.57 Å². The molecule has 0 saturated carbocycles. The Bertz CT molecular complexity index is 3150. The second-order valence-electron chi connectivity index (χ2n) is 16.2. The summed E-state index contributed by atoms with van der Waals surface area (Å²) in [5.74, 6) is 0. The summed E-state index contributed by atoms with van der Waals surface area (Å²) in [6, 6.07) is 79.7. The maximum absolute atomic E-state index is 2.41. The van der Waals surface area contributed by atoms with Gasteiger partial charge in [-0.2, -0.15) is 0 Å². The lowest BCUT2D eigenvalue weighted by Gasteiger charge is -2.28. The van der Waals surface area contributed by atoms with Gasteiger partial charge in [-0.05, 0) is 122 Å². The molecule has 0 radical (unpaired) electrons. The number of rotatable bonds is 7. The van der Waals surface area contributed by atoms with Crippen molar-refractivity contribution < 1.29 is 0 Å². The highest BCUT2D eigenvalue weighted by Crippen LogP contribution is 2.50. The molecule has 0 unspecified atom stereocenters. The molecule has 0 spiro atoms. The average Bonchev–Trinajstić information content (AvgIpc) is 3.75. The van der Waals surface area contributed by atoms with Crippen LogP contribution in [0.2, 0.25) is 0 Å². The number of anilines is 3. The largest absolute Gasteiger partial charge is 0.310 e. The van der Waals surface area contributed by atoms with Crippen LogP contribution in [0.5, 0.6) is 0 Å². The molecule has 1 aliphatic rings. The minimum Gasteiger partial charge on any atom is -0.310 e. The van der Waals surface area contributed by atoms with Gasteiger partial charge in [-0.1, -0.05) is 166 Å². The topological polar surface area (TPSA) is 8.17 Å². The van der Waals surface area contributed by atoms with Crippen LogP contribution in [0.15, 0.2) is 218 Å². The van der Waals surface area contributed by atoms with Gasteiger partial charge in [0.05, 0.1) is 11.0 Å². The van der Waals surface area contributed by atoms with Crippen molar-refractivity contribution >= 4 is 38.9 Å². The fraction of sp³-hybridized carbons (Fsp3) is 0.0526. The summed E-state index contributed by atoms with van der Waals surface area (Å²) in [5.41, 5.74) is 19.5. The maximum atomic E-state index is 2.41. The molecule has 280 valence electrons. The third-order valence-electron chi connectivity index (χ3n) is 12.4. The van der Waals surface area contributed by atoms with Gasteiger partial charge in [-0.3, -0.25) is 0 Å². The Morgan fingerprint density at radius 1 is 0.339 bits per heavy atom. The third kappa shape index (κ3) is 5.87. The molecular formula is C57H42N2. The first-order valence-electron chi connectivity index (χ1n) is 20.5. The molecule has 59 heavy (non-hydrogen) atoms. The van der Waals surface area contributed by atoms with Crippen molar-refractivity contribution in [1.82, 2.24) is 4.57 Å². The zero-order valence-electron chi connectivity index (χ0n) is 33.2. The van der Waals surface area contributed by atoms with E-state index in [2.05, 4.69) is 242 Å². The number of aromatic nitrogens is 1. The second-order valence-corrected chi connectivity index (χ2v) is 16.2. The Kier molecular flexibility index (Phi) is 8.20. The van der Waals surface area contributed by atoms with Gasteiger partial charge in [0.15, 0.2) is 0 Å². The standard InChI is InChI=1S/C57H42N2/c1-57(2)53-22-11-9-20-49(53)50-35-33-48(38-54(50)57)58(45-18-7-4-8-19-45)46-29-26-41(27-30-46)42-16-13-17-43(36-42)44-28-34-52-51-21-10-12-23-55(51)59(56(52)37-44)47-31-24-40(25-32-47)39-14-5-3-6-15-39/h3-38H,1-2H3. The van der Waals surface area contributed by atoms with E-state index in [0.29, 0.717) is 0 Å². The minimum atomic E-state index is -0.0750. The summed E-state index contributed by atoms with van der Waals surface area (Å²) in [6.07, 6.45) is 0. The molecule has 0 saturated heterocycles. The molecule has 11 rings (SSSR count). The minimum absolute atomic E-state index is 0.0750. The molecule has 0 bridgehead atoms. The number of hydrogen-bond donors (Lipinski definition) is 0. The summed E-state index contributed by atoms with van der Waals surface area (Å²) in [6.45, 7) is 4.69. The van der Waals surface area contributed by atoms with Crippen molar-refractivity contribution in [3.8, 4) is 50.2 Å².